The fourth-order valence-corrected chi connectivity index (χ4v) is 8.59. The fraction of sp³-hybridized carbons (Fsp3) is 0.741. The Kier molecular flexibility index (Phi) is 6.34. The average Bonchev–Trinajstić information content (AvgIpc) is 3.11. The molecule has 1 amide bonds. The Hall–Kier alpha value is -1.68. The zero-order chi connectivity index (χ0) is 25.1. The highest BCUT2D eigenvalue weighted by Gasteiger charge is 2.49. The summed E-state index contributed by atoms with van der Waals surface area (Å²) in [5.41, 5.74) is 2.34. The lowest BCUT2D eigenvalue weighted by molar-refractivity contribution is -0.00710. The Morgan fingerprint density at radius 2 is 1.67 bits per heavy atom. The molecule has 8 nitrogen and oxygen atoms in total. The lowest BCUT2D eigenvalue weighted by atomic mass is 9.69. The van der Waals surface area contributed by atoms with Crippen molar-refractivity contribution in [3.63, 3.8) is 0 Å². The normalized spacial score (nSPS) is 30.9. The summed E-state index contributed by atoms with van der Waals surface area (Å²) in [5.74, 6) is 0. The summed E-state index contributed by atoms with van der Waals surface area (Å²) < 4.78 is 35.0. The first-order chi connectivity index (χ1) is 17.3. The third-order valence-electron chi connectivity index (χ3n) is 9.71. The van der Waals surface area contributed by atoms with Gasteiger partial charge in [0.2, 0.25) is 0 Å². The molecule has 1 saturated carbocycles. The minimum Gasteiger partial charge on any atom is -0.446 e. The molecule has 5 aliphatic rings. The number of fused-ring (bicyclic) bond motifs is 4. The number of carbonyl (C=O) groups excluding carboxylic acids is 1. The van der Waals surface area contributed by atoms with Gasteiger partial charge in [0, 0.05) is 50.7 Å². The molecule has 0 aromatic heterocycles. The van der Waals surface area contributed by atoms with Gasteiger partial charge in [-0.2, -0.15) is 17.0 Å². The molecule has 0 N–H and O–H groups in total. The topological polar surface area (TPSA) is 73.4 Å². The maximum Gasteiger partial charge on any atom is 0.410 e. The molecule has 198 valence electrons. The van der Waals surface area contributed by atoms with Crippen LogP contribution in [0.25, 0.3) is 0 Å². The lowest BCUT2D eigenvalue weighted by Gasteiger charge is -2.51. The highest BCUT2D eigenvalue weighted by atomic mass is 32.2. The highest BCUT2D eigenvalue weighted by molar-refractivity contribution is 7.86. The zero-order valence-electron chi connectivity index (χ0n) is 21.6. The van der Waals surface area contributed by atoms with Gasteiger partial charge in [0.05, 0.1) is 0 Å². The number of likely N-dealkylation sites (tertiary alicyclic amines) is 1. The Balaban J connectivity index is 1.14. The van der Waals surface area contributed by atoms with Crippen molar-refractivity contribution in [2.45, 2.75) is 94.0 Å². The van der Waals surface area contributed by atoms with Gasteiger partial charge in [-0.3, -0.25) is 0 Å². The quantitative estimate of drug-likeness (QED) is 0.614. The summed E-state index contributed by atoms with van der Waals surface area (Å²) in [4.78, 5) is 17.6. The molecule has 4 fully saturated rings. The maximum absolute atomic E-state index is 13.1. The van der Waals surface area contributed by atoms with Gasteiger partial charge in [-0.05, 0) is 82.0 Å². The minimum atomic E-state index is -3.48. The monoisotopic (exact) mass is 516 g/mol. The molecule has 0 radical (unpaired) electrons. The van der Waals surface area contributed by atoms with E-state index in [1.165, 1.54) is 16.3 Å². The number of ether oxygens (including phenoxy) is 1. The van der Waals surface area contributed by atoms with Crippen molar-refractivity contribution in [3.8, 4) is 0 Å². The van der Waals surface area contributed by atoms with Crippen LogP contribution in [-0.4, -0.2) is 90.9 Å². The number of piperidine rings is 2. The van der Waals surface area contributed by atoms with Crippen LogP contribution in [0.4, 0.5) is 4.79 Å². The summed E-state index contributed by atoms with van der Waals surface area (Å²) in [5, 5.41) is 0. The molecule has 1 spiro atoms. The molecule has 6 rings (SSSR count). The number of hydrogen-bond acceptors (Lipinski definition) is 5. The van der Waals surface area contributed by atoms with E-state index in [0.717, 1.165) is 70.0 Å². The summed E-state index contributed by atoms with van der Waals surface area (Å²) >= 11 is 0. The molecule has 2 atom stereocenters. The summed E-state index contributed by atoms with van der Waals surface area (Å²) in [7, 11) is -0.238. The number of amides is 1. The van der Waals surface area contributed by atoms with Crippen molar-refractivity contribution in [1.82, 2.24) is 18.4 Å². The second-order valence-electron chi connectivity index (χ2n) is 11.9. The molecule has 1 aromatic rings. The molecule has 1 aliphatic carbocycles. The molecule has 9 heteroatoms. The van der Waals surface area contributed by atoms with Crippen LogP contribution >= 0.6 is 0 Å². The molecular weight excluding hydrogens is 476 g/mol. The fourth-order valence-electron chi connectivity index (χ4n) is 7.42. The van der Waals surface area contributed by atoms with Crippen molar-refractivity contribution in [2.24, 2.45) is 0 Å². The highest BCUT2D eigenvalue weighted by Crippen LogP contribution is 2.45. The molecule has 2 unspecified atom stereocenters. The standard InChI is InChI=1S/C27H40N4O4S/c1-28(2)36(33,34)30-18-20-6-3-4-9-25(20)27(19-30)12-14-29(15-13-27)23-16-21-10-11-22(17-23)31(21)26(32)35-24-7-5-8-24/h3-4,6,9,21-24H,5,7-8,10-19H2,1-2H3. The largest absolute Gasteiger partial charge is 0.446 e. The third kappa shape index (κ3) is 4.16. The Morgan fingerprint density at radius 3 is 2.28 bits per heavy atom. The SMILES string of the molecule is CN(C)S(=O)(=O)N1Cc2ccccc2C2(CCN(C3CC4CCC(C3)N4C(=O)OC3CCC3)CC2)C1. The van der Waals surface area contributed by atoms with Crippen molar-refractivity contribution in [2.75, 3.05) is 33.7 Å². The number of rotatable bonds is 4. The molecule has 4 aliphatic heterocycles. The van der Waals surface area contributed by atoms with Crippen molar-refractivity contribution >= 4 is 16.3 Å². The molecule has 4 heterocycles. The summed E-state index contributed by atoms with van der Waals surface area (Å²) in [6.45, 7) is 2.94. The van der Waals surface area contributed by atoms with E-state index >= 15 is 0 Å². The van der Waals surface area contributed by atoms with E-state index in [9.17, 15) is 13.2 Å². The molecule has 3 saturated heterocycles. The van der Waals surface area contributed by atoms with E-state index in [1.807, 2.05) is 6.07 Å². The first-order valence-electron chi connectivity index (χ1n) is 13.8. The van der Waals surface area contributed by atoms with Gasteiger partial charge >= 0.3 is 6.09 Å². The van der Waals surface area contributed by atoms with Crippen LogP contribution in [0.2, 0.25) is 0 Å². The number of carbonyl (C=O) groups is 1. The Bertz CT molecular complexity index is 1080. The van der Waals surface area contributed by atoms with Crippen LogP contribution in [0.1, 0.15) is 68.9 Å². The van der Waals surface area contributed by atoms with Crippen LogP contribution in [0.3, 0.4) is 0 Å². The molecule has 2 bridgehead atoms. The number of benzene rings is 1. The van der Waals surface area contributed by atoms with Gasteiger partial charge in [-0.1, -0.05) is 24.3 Å². The van der Waals surface area contributed by atoms with Crippen LogP contribution in [0.15, 0.2) is 24.3 Å². The van der Waals surface area contributed by atoms with E-state index in [4.69, 9.17) is 4.74 Å². The van der Waals surface area contributed by atoms with Gasteiger partial charge in [0.1, 0.15) is 6.10 Å². The second-order valence-corrected chi connectivity index (χ2v) is 14.0. The van der Waals surface area contributed by atoms with E-state index in [2.05, 4.69) is 28.0 Å². The summed E-state index contributed by atoms with van der Waals surface area (Å²) in [6, 6.07) is 9.52. The first kappa shape index (κ1) is 24.6. The van der Waals surface area contributed by atoms with Crippen LogP contribution in [-0.2, 0) is 26.9 Å². The van der Waals surface area contributed by atoms with Crippen LogP contribution in [0, 0.1) is 0 Å². The predicted molar refractivity (Wildman–Crippen MR) is 138 cm³/mol. The van der Waals surface area contributed by atoms with Gasteiger partial charge in [0.15, 0.2) is 0 Å². The number of nitrogens with zero attached hydrogens (tertiary/aromatic N) is 4. The predicted octanol–water partition coefficient (Wildman–Crippen LogP) is 3.33. The smallest absolute Gasteiger partial charge is 0.410 e. The van der Waals surface area contributed by atoms with Crippen LogP contribution < -0.4 is 0 Å². The third-order valence-corrected chi connectivity index (χ3v) is 11.5. The Labute approximate surface area is 215 Å². The van der Waals surface area contributed by atoms with Gasteiger partial charge in [0.25, 0.3) is 10.2 Å². The van der Waals surface area contributed by atoms with E-state index in [-0.39, 0.29) is 17.6 Å². The minimum absolute atomic E-state index is 0.0794. The maximum atomic E-state index is 13.1. The van der Waals surface area contributed by atoms with Gasteiger partial charge < -0.3 is 14.5 Å². The summed E-state index contributed by atoms with van der Waals surface area (Å²) in [6.07, 6.45) is 9.42. The van der Waals surface area contributed by atoms with Crippen molar-refractivity contribution in [3.05, 3.63) is 35.4 Å². The molecule has 36 heavy (non-hydrogen) atoms. The van der Waals surface area contributed by atoms with Crippen molar-refractivity contribution in [1.29, 1.82) is 0 Å². The molecular formula is C27H40N4O4S. The number of hydrogen-bond donors (Lipinski definition) is 0. The van der Waals surface area contributed by atoms with E-state index in [0.29, 0.717) is 31.2 Å². The van der Waals surface area contributed by atoms with E-state index < -0.39 is 10.2 Å². The van der Waals surface area contributed by atoms with E-state index in [1.54, 1.807) is 18.4 Å². The van der Waals surface area contributed by atoms with Gasteiger partial charge in [-0.15, -0.1) is 0 Å². The lowest BCUT2D eigenvalue weighted by Crippen LogP contribution is -2.58. The first-order valence-corrected chi connectivity index (χ1v) is 15.2. The van der Waals surface area contributed by atoms with Crippen molar-refractivity contribution < 1.29 is 17.9 Å². The Morgan fingerprint density at radius 1 is 1.00 bits per heavy atom. The van der Waals surface area contributed by atoms with Crippen LogP contribution in [0.5, 0.6) is 0 Å². The molecule has 1 aromatic carbocycles. The van der Waals surface area contributed by atoms with Gasteiger partial charge in [-0.25, -0.2) is 4.79 Å². The zero-order valence-corrected chi connectivity index (χ0v) is 22.5. The second kappa shape index (κ2) is 9.26. The average molecular weight is 517 g/mol.